The first-order chi connectivity index (χ1) is 13.5. The van der Waals surface area contributed by atoms with Gasteiger partial charge in [-0.3, -0.25) is 14.4 Å². The summed E-state index contributed by atoms with van der Waals surface area (Å²) in [6.07, 6.45) is 0.913. The van der Waals surface area contributed by atoms with E-state index >= 15 is 0 Å². The summed E-state index contributed by atoms with van der Waals surface area (Å²) in [7, 11) is 1.46. The van der Waals surface area contributed by atoms with E-state index in [2.05, 4.69) is 15.5 Å². The second-order valence-electron chi connectivity index (χ2n) is 6.40. The zero-order valence-corrected chi connectivity index (χ0v) is 15.3. The lowest BCUT2D eigenvalue weighted by Gasteiger charge is -2.30. The molecule has 0 radical (unpaired) electrons. The number of rotatable bonds is 5. The molecule has 0 saturated carbocycles. The molecule has 1 fully saturated rings. The third kappa shape index (κ3) is 4.43. The number of ether oxygens (including phenoxy) is 1. The summed E-state index contributed by atoms with van der Waals surface area (Å²) in [4.78, 5) is 37.4. The average molecular weight is 384 g/mol. The first-order valence-corrected chi connectivity index (χ1v) is 8.79. The van der Waals surface area contributed by atoms with Crippen LogP contribution < -0.4 is 10.1 Å². The molecule has 28 heavy (non-hydrogen) atoms. The van der Waals surface area contributed by atoms with Crippen molar-refractivity contribution >= 4 is 23.5 Å². The second-order valence-corrected chi connectivity index (χ2v) is 6.40. The van der Waals surface area contributed by atoms with Gasteiger partial charge in [0.1, 0.15) is 0 Å². The number of aliphatic carboxylic acids is 1. The van der Waals surface area contributed by atoms with Crippen molar-refractivity contribution in [1.29, 1.82) is 0 Å². The van der Waals surface area contributed by atoms with Gasteiger partial charge in [0, 0.05) is 30.4 Å². The van der Waals surface area contributed by atoms with Crippen molar-refractivity contribution < 1.29 is 24.2 Å². The van der Waals surface area contributed by atoms with E-state index in [-0.39, 0.29) is 17.5 Å². The Kier molecular flexibility index (Phi) is 5.83. The summed E-state index contributed by atoms with van der Waals surface area (Å²) < 4.78 is 4.90. The molecule has 2 aromatic rings. The molecule has 0 spiro atoms. The molecule has 2 N–H and O–H groups in total. The summed E-state index contributed by atoms with van der Waals surface area (Å²) in [5.41, 5.74) is 1.14. The minimum atomic E-state index is -0.811. The predicted molar refractivity (Wildman–Crippen MR) is 99.2 cm³/mol. The number of aromatic nitrogens is 2. The van der Waals surface area contributed by atoms with Crippen molar-refractivity contribution in [3.63, 3.8) is 0 Å². The number of carbonyl (C=O) groups excluding carboxylic acids is 2. The van der Waals surface area contributed by atoms with Gasteiger partial charge in [-0.15, -0.1) is 10.2 Å². The Balaban J connectivity index is 1.59. The first-order valence-electron chi connectivity index (χ1n) is 8.79. The van der Waals surface area contributed by atoms with Crippen molar-refractivity contribution in [2.24, 2.45) is 5.92 Å². The zero-order chi connectivity index (χ0) is 20.1. The summed E-state index contributed by atoms with van der Waals surface area (Å²) in [6.45, 7) is 0.842. The number of nitrogens with zero attached hydrogens (tertiary/aromatic N) is 3. The zero-order valence-electron chi connectivity index (χ0n) is 15.3. The van der Waals surface area contributed by atoms with E-state index in [1.165, 1.54) is 19.2 Å². The number of piperidine rings is 1. The highest BCUT2D eigenvalue weighted by Crippen LogP contribution is 2.20. The highest BCUT2D eigenvalue weighted by atomic mass is 16.5. The Morgan fingerprint density at radius 3 is 2.29 bits per heavy atom. The summed E-state index contributed by atoms with van der Waals surface area (Å²) >= 11 is 0. The van der Waals surface area contributed by atoms with Crippen LogP contribution >= 0.6 is 0 Å². The lowest BCUT2D eigenvalue weighted by Crippen LogP contribution is -2.40. The van der Waals surface area contributed by atoms with Crippen LogP contribution in [0.1, 0.15) is 33.7 Å². The van der Waals surface area contributed by atoms with Crippen LogP contribution in [0.2, 0.25) is 0 Å². The van der Waals surface area contributed by atoms with Gasteiger partial charge in [0.15, 0.2) is 5.69 Å². The molecular formula is C19H20N4O5. The van der Waals surface area contributed by atoms with Gasteiger partial charge in [-0.05, 0) is 43.2 Å². The van der Waals surface area contributed by atoms with E-state index in [0.29, 0.717) is 43.1 Å². The smallest absolute Gasteiger partial charge is 0.306 e. The maximum absolute atomic E-state index is 12.6. The first kappa shape index (κ1) is 19.3. The maximum Gasteiger partial charge on any atom is 0.306 e. The van der Waals surface area contributed by atoms with Crippen LogP contribution in [0.3, 0.4) is 0 Å². The molecule has 146 valence electrons. The fraction of sp³-hybridized carbons (Fsp3) is 0.316. The number of amides is 2. The van der Waals surface area contributed by atoms with Crippen LogP contribution in [0, 0.1) is 5.92 Å². The third-order valence-corrected chi connectivity index (χ3v) is 4.60. The van der Waals surface area contributed by atoms with Gasteiger partial charge < -0.3 is 20.1 Å². The Bertz CT molecular complexity index is 859. The number of methoxy groups -OCH3 is 1. The van der Waals surface area contributed by atoms with Gasteiger partial charge in [0.25, 0.3) is 11.8 Å². The fourth-order valence-corrected chi connectivity index (χ4v) is 2.95. The van der Waals surface area contributed by atoms with Crippen LogP contribution in [0.4, 0.5) is 5.69 Å². The van der Waals surface area contributed by atoms with Gasteiger partial charge in [-0.25, -0.2) is 0 Å². The monoisotopic (exact) mass is 384 g/mol. The molecule has 3 rings (SSSR count). The maximum atomic E-state index is 12.6. The molecule has 0 bridgehead atoms. The van der Waals surface area contributed by atoms with E-state index in [4.69, 9.17) is 9.84 Å². The van der Waals surface area contributed by atoms with Crippen LogP contribution in [-0.2, 0) is 4.79 Å². The van der Waals surface area contributed by atoms with Crippen LogP contribution in [0.5, 0.6) is 5.88 Å². The topological polar surface area (TPSA) is 122 Å². The highest BCUT2D eigenvalue weighted by Gasteiger charge is 2.27. The highest BCUT2D eigenvalue weighted by molar-refractivity contribution is 6.03. The molecule has 1 aromatic carbocycles. The van der Waals surface area contributed by atoms with Crippen LogP contribution in [-0.4, -0.2) is 58.2 Å². The van der Waals surface area contributed by atoms with E-state index < -0.39 is 11.9 Å². The lowest BCUT2D eigenvalue weighted by molar-refractivity contribution is -0.143. The molecule has 0 atom stereocenters. The second kappa shape index (κ2) is 8.47. The molecule has 2 amide bonds. The lowest BCUT2D eigenvalue weighted by atomic mass is 9.96. The van der Waals surface area contributed by atoms with Crippen LogP contribution in [0.15, 0.2) is 36.4 Å². The quantitative estimate of drug-likeness (QED) is 0.804. The SMILES string of the molecule is COc1ccc(C(=O)Nc2ccc(C(=O)N3CCC(C(=O)O)CC3)cc2)nn1. The molecular weight excluding hydrogens is 364 g/mol. The van der Waals surface area contributed by atoms with Crippen molar-refractivity contribution in [2.45, 2.75) is 12.8 Å². The largest absolute Gasteiger partial charge is 0.481 e. The molecule has 0 aliphatic carbocycles. The number of carboxylic acids is 1. The number of benzene rings is 1. The van der Waals surface area contributed by atoms with E-state index in [1.807, 2.05) is 0 Å². The van der Waals surface area contributed by atoms with Crippen molar-refractivity contribution in [1.82, 2.24) is 15.1 Å². The van der Waals surface area contributed by atoms with E-state index in [9.17, 15) is 14.4 Å². The Labute approximate surface area is 161 Å². The molecule has 1 aliphatic heterocycles. The number of likely N-dealkylation sites (tertiary alicyclic amines) is 1. The van der Waals surface area contributed by atoms with Crippen LogP contribution in [0.25, 0.3) is 0 Å². The molecule has 9 heteroatoms. The number of hydrogen-bond acceptors (Lipinski definition) is 6. The minimum absolute atomic E-state index is 0.141. The molecule has 2 heterocycles. The molecule has 1 saturated heterocycles. The Morgan fingerprint density at radius 1 is 1.07 bits per heavy atom. The average Bonchev–Trinajstić information content (AvgIpc) is 2.74. The standard InChI is InChI=1S/C19H20N4O5/c1-28-16-7-6-15(21-22-16)17(24)20-14-4-2-12(3-5-14)18(25)23-10-8-13(9-11-23)19(26)27/h2-7,13H,8-11H2,1H3,(H,20,24)(H,26,27). The minimum Gasteiger partial charge on any atom is -0.481 e. The summed E-state index contributed by atoms with van der Waals surface area (Å²) in [6, 6.07) is 9.55. The fourth-order valence-electron chi connectivity index (χ4n) is 2.95. The molecule has 9 nitrogen and oxygen atoms in total. The van der Waals surface area contributed by atoms with Crippen molar-refractivity contribution in [3.05, 3.63) is 47.7 Å². The number of anilines is 1. The molecule has 1 aromatic heterocycles. The number of nitrogens with one attached hydrogen (secondary N) is 1. The summed E-state index contributed by atoms with van der Waals surface area (Å²) in [5, 5.41) is 19.3. The number of hydrogen-bond donors (Lipinski definition) is 2. The van der Waals surface area contributed by atoms with Gasteiger partial charge >= 0.3 is 5.97 Å². The van der Waals surface area contributed by atoms with Crippen molar-refractivity contribution in [2.75, 3.05) is 25.5 Å². The van der Waals surface area contributed by atoms with E-state index in [0.717, 1.165) is 0 Å². The Hall–Kier alpha value is -3.49. The molecule has 0 unspecified atom stereocenters. The number of carboxylic acid groups (broad SMARTS) is 1. The van der Waals surface area contributed by atoms with Gasteiger partial charge in [-0.1, -0.05) is 0 Å². The van der Waals surface area contributed by atoms with E-state index in [1.54, 1.807) is 29.2 Å². The van der Waals surface area contributed by atoms with Gasteiger partial charge in [0.2, 0.25) is 5.88 Å². The summed E-state index contributed by atoms with van der Waals surface area (Å²) in [5.74, 6) is -1.46. The molecule has 1 aliphatic rings. The Morgan fingerprint density at radius 2 is 1.75 bits per heavy atom. The third-order valence-electron chi connectivity index (χ3n) is 4.60. The van der Waals surface area contributed by atoms with Gasteiger partial charge in [0.05, 0.1) is 13.0 Å². The van der Waals surface area contributed by atoms with Crippen molar-refractivity contribution in [3.8, 4) is 5.88 Å². The normalized spacial score (nSPS) is 14.4. The number of carbonyl (C=O) groups is 3. The van der Waals surface area contributed by atoms with Gasteiger partial charge in [-0.2, -0.15) is 0 Å². The predicted octanol–water partition coefficient (Wildman–Crippen LogP) is 1.67.